The SMILES string of the molecule is CC(C)[C@@H](O)/C=C/C(=O)c1ccccc1. The maximum absolute atomic E-state index is 11.6. The molecule has 0 aliphatic rings. The Bertz CT molecular complexity index is 339. The first-order valence-electron chi connectivity index (χ1n) is 5.07. The van der Waals surface area contributed by atoms with Crippen molar-refractivity contribution in [2.24, 2.45) is 5.92 Å². The number of aliphatic hydroxyl groups is 1. The van der Waals surface area contributed by atoms with Crippen LogP contribution in [0.15, 0.2) is 42.5 Å². The van der Waals surface area contributed by atoms with Gasteiger partial charge < -0.3 is 5.11 Å². The number of carbonyl (C=O) groups is 1. The summed E-state index contributed by atoms with van der Waals surface area (Å²) in [6.07, 6.45) is 2.41. The summed E-state index contributed by atoms with van der Waals surface area (Å²) in [4.78, 5) is 11.6. The molecule has 0 aliphatic carbocycles. The van der Waals surface area contributed by atoms with Crippen molar-refractivity contribution in [3.8, 4) is 0 Å². The first-order valence-corrected chi connectivity index (χ1v) is 5.07. The maximum atomic E-state index is 11.6. The molecule has 0 bridgehead atoms. The molecule has 0 aromatic heterocycles. The molecule has 0 spiro atoms. The summed E-state index contributed by atoms with van der Waals surface area (Å²) in [5, 5.41) is 9.48. The number of benzene rings is 1. The lowest BCUT2D eigenvalue weighted by Gasteiger charge is -2.08. The zero-order valence-electron chi connectivity index (χ0n) is 9.05. The van der Waals surface area contributed by atoms with E-state index in [4.69, 9.17) is 0 Å². The minimum Gasteiger partial charge on any atom is -0.389 e. The van der Waals surface area contributed by atoms with Crippen LogP contribution in [0.3, 0.4) is 0 Å². The van der Waals surface area contributed by atoms with E-state index in [0.717, 1.165) is 0 Å². The van der Waals surface area contributed by atoms with Gasteiger partial charge in [0.15, 0.2) is 5.78 Å². The van der Waals surface area contributed by atoms with E-state index in [9.17, 15) is 9.90 Å². The van der Waals surface area contributed by atoms with E-state index < -0.39 is 6.10 Å². The van der Waals surface area contributed by atoms with Crippen molar-refractivity contribution < 1.29 is 9.90 Å². The molecule has 0 heterocycles. The molecule has 0 saturated heterocycles. The van der Waals surface area contributed by atoms with Crippen molar-refractivity contribution in [2.45, 2.75) is 20.0 Å². The van der Waals surface area contributed by atoms with Crippen LogP contribution in [-0.4, -0.2) is 17.0 Å². The number of allylic oxidation sites excluding steroid dienone is 1. The minimum absolute atomic E-state index is 0.0738. The number of hydrogen-bond donors (Lipinski definition) is 1. The molecule has 0 fully saturated rings. The van der Waals surface area contributed by atoms with Gasteiger partial charge in [0.2, 0.25) is 0 Å². The van der Waals surface area contributed by atoms with Gasteiger partial charge in [-0.15, -0.1) is 0 Å². The van der Waals surface area contributed by atoms with Gasteiger partial charge in [0, 0.05) is 5.56 Å². The predicted molar refractivity (Wildman–Crippen MR) is 60.8 cm³/mol. The summed E-state index contributed by atoms with van der Waals surface area (Å²) in [6.45, 7) is 3.81. The molecule has 2 heteroatoms. The summed E-state index contributed by atoms with van der Waals surface area (Å²) in [6, 6.07) is 9.02. The fourth-order valence-electron chi connectivity index (χ4n) is 1.11. The second kappa shape index (κ2) is 5.47. The largest absolute Gasteiger partial charge is 0.389 e. The topological polar surface area (TPSA) is 37.3 Å². The fourth-order valence-corrected chi connectivity index (χ4v) is 1.11. The van der Waals surface area contributed by atoms with Crippen LogP contribution in [-0.2, 0) is 0 Å². The van der Waals surface area contributed by atoms with Crippen LogP contribution in [0.2, 0.25) is 0 Å². The minimum atomic E-state index is -0.558. The van der Waals surface area contributed by atoms with Crippen LogP contribution < -0.4 is 0 Å². The maximum Gasteiger partial charge on any atom is 0.185 e. The molecule has 0 saturated carbocycles. The lowest BCUT2D eigenvalue weighted by Crippen LogP contribution is -2.11. The molecule has 0 aliphatic heterocycles. The predicted octanol–water partition coefficient (Wildman–Crippen LogP) is 2.44. The van der Waals surface area contributed by atoms with E-state index in [1.54, 1.807) is 18.2 Å². The molecule has 1 N–H and O–H groups in total. The van der Waals surface area contributed by atoms with Gasteiger partial charge in [0.05, 0.1) is 6.10 Å². The van der Waals surface area contributed by atoms with Gasteiger partial charge in [-0.3, -0.25) is 4.79 Å². The third kappa shape index (κ3) is 3.68. The molecule has 1 rings (SSSR count). The summed E-state index contributed by atoms with van der Waals surface area (Å²) in [5.74, 6) is 0.0557. The second-order valence-electron chi connectivity index (χ2n) is 3.82. The van der Waals surface area contributed by atoms with E-state index in [2.05, 4.69) is 0 Å². The molecule has 15 heavy (non-hydrogen) atoms. The standard InChI is InChI=1S/C13H16O2/c1-10(2)12(14)8-9-13(15)11-6-4-3-5-7-11/h3-10,12,14H,1-2H3/b9-8+/t12-/m0/s1. The Labute approximate surface area is 90.3 Å². The second-order valence-corrected chi connectivity index (χ2v) is 3.82. The van der Waals surface area contributed by atoms with Crippen molar-refractivity contribution >= 4 is 5.78 Å². The Morgan fingerprint density at radius 2 is 1.87 bits per heavy atom. The summed E-state index contributed by atoms with van der Waals surface area (Å²) >= 11 is 0. The number of aliphatic hydroxyl groups excluding tert-OH is 1. The zero-order chi connectivity index (χ0) is 11.3. The number of rotatable bonds is 4. The number of ketones is 1. The normalized spacial score (nSPS) is 13.3. The summed E-state index contributed by atoms with van der Waals surface area (Å²) in [7, 11) is 0. The third-order valence-electron chi connectivity index (χ3n) is 2.19. The molecule has 80 valence electrons. The van der Waals surface area contributed by atoms with Crippen molar-refractivity contribution in [1.82, 2.24) is 0 Å². The van der Waals surface area contributed by atoms with Crippen LogP contribution in [0, 0.1) is 5.92 Å². The van der Waals surface area contributed by atoms with Gasteiger partial charge in [-0.1, -0.05) is 50.3 Å². The molecule has 0 unspecified atom stereocenters. The van der Waals surface area contributed by atoms with Crippen molar-refractivity contribution in [3.05, 3.63) is 48.0 Å². The van der Waals surface area contributed by atoms with E-state index in [0.29, 0.717) is 5.56 Å². The monoisotopic (exact) mass is 204 g/mol. The molecule has 0 amide bonds. The quantitative estimate of drug-likeness (QED) is 0.604. The van der Waals surface area contributed by atoms with Gasteiger partial charge in [0.1, 0.15) is 0 Å². The van der Waals surface area contributed by atoms with Crippen LogP contribution in [0.4, 0.5) is 0 Å². The molecule has 2 nitrogen and oxygen atoms in total. The smallest absolute Gasteiger partial charge is 0.185 e. The van der Waals surface area contributed by atoms with Crippen LogP contribution >= 0.6 is 0 Å². The first kappa shape index (κ1) is 11.7. The highest BCUT2D eigenvalue weighted by atomic mass is 16.3. The van der Waals surface area contributed by atoms with Gasteiger partial charge in [-0.05, 0) is 12.0 Å². The van der Waals surface area contributed by atoms with Gasteiger partial charge in [0.25, 0.3) is 0 Å². The molecule has 1 atom stereocenters. The highest BCUT2D eigenvalue weighted by Gasteiger charge is 2.05. The van der Waals surface area contributed by atoms with E-state index in [-0.39, 0.29) is 11.7 Å². The Kier molecular flexibility index (Phi) is 4.25. The third-order valence-corrected chi connectivity index (χ3v) is 2.19. The zero-order valence-corrected chi connectivity index (χ0v) is 9.05. The van der Waals surface area contributed by atoms with Crippen molar-refractivity contribution in [3.63, 3.8) is 0 Å². The summed E-state index contributed by atoms with van der Waals surface area (Å²) < 4.78 is 0. The average molecular weight is 204 g/mol. The van der Waals surface area contributed by atoms with Crippen LogP contribution in [0.1, 0.15) is 24.2 Å². The van der Waals surface area contributed by atoms with E-state index in [1.807, 2.05) is 32.0 Å². The lowest BCUT2D eigenvalue weighted by molar-refractivity contribution is 0.104. The van der Waals surface area contributed by atoms with Gasteiger partial charge in [-0.2, -0.15) is 0 Å². The van der Waals surface area contributed by atoms with E-state index >= 15 is 0 Å². The van der Waals surface area contributed by atoms with Crippen LogP contribution in [0.25, 0.3) is 0 Å². The van der Waals surface area contributed by atoms with Gasteiger partial charge >= 0.3 is 0 Å². The highest BCUT2D eigenvalue weighted by molar-refractivity contribution is 6.04. The summed E-state index contributed by atoms with van der Waals surface area (Å²) in [5.41, 5.74) is 0.643. The average Bonchev–Trinajstić information content (AvgIpc) is 2.26. The number of carbonyl (C=O) groups excluding carboxylic acids is 1. The fraction of sp³-hybridized carbons (Fsp3) is 0.308. The Balaban J connectivity index is 2.64. The number of hydrogen-bond acceptors (Lipinski definition) is 2. The molecular formula is C13H16O2. The van der Waals surface area contributed by atoms with Crippen LogP contribution in [0.5, 0.6) is 0 Å². The molecular weight excluding hydrogens is 188 g/mol. The van der Waals surface area contributed by atoms with Gasteiger partial charge in [-0.25, -0.2) is 0 Å². The molecule has 0 radical (unpaired) electrons. The van der Waals surface area contributed by atoms with E-state index in [1.165, 1.54) is 6.08 Å². The molecule has 1 aromatic rings. The molecule has 1 aromatic carbocycles. The first-order chi connectivity index (χ1) is 7.11. The lowest BCUT2D eigenvalue weighted by atomic mass is 10.1. The van der Waals surface area contributed by atoms with Crippen molar-refractivity contribution in [1.29, 1.82) is 0 Å². The highest BCUT2D eigenvalue weighted by Crippen LogP contribution is 2.05. The Hall–Kier alpha value is -1.41. The van der Waals surface area contributed by atoms with Crippen molar-refractivity contribution in [2.75, 3.05) is 0 Å². The Morgan fingerprint density at radius 1 is 1.27 bits per heavy atom. The Morgan fingerprint density at radius 3 is 2.40 bits per heavy atom.